The maximum atomic E-state index is 12.6. The molecule has 0 unspecified atom stereocenters. The van der Waals surface area contributed by atoms with Gasteiger partial charge in [0.15, 0.2) is 0 Å². The summed E-state index contributed by atoms with van der Waals surface area (Å²) in [5.41, 5.74) is 3.22. The van der Waals surface area contributed by atoms with E-state index in [1.165, 1.54) is 0 Å². The van der Waals surface area contributed by atoms with Gasteiger partial charge in [0.2, 0.25) is 11.8 Å². The number of likely N-dealkylation sites (tertiary alicyclic amines) is 1. The predicted octanol–water partition coefficient (Wildman–Crippen LogP) is 3.95. The van der Waals surface area contributed by atoms with Crippen molar-refractivity contribution < 1.29 is 9.53 Å². The molecule has 1 aromatic carbocycles. The van der Waals surface area contributed by atoms with Crippen molar-refractivity contribution in [2.45, 2.75) is 39.5 Å². The van der Waals surface area contributed by atoms with Gasteiger partial charge in [0.1, 0.15) is 6.61 Å². The SMILES string of the molecule is Cc1nc(CN2CCC(C(=O)NCc3ccnc(OCc4ccccc4)c3)CC2)cs1. The fourth-order valence-corrected chi connectivity index (χ4v) is 4.37. The first-order valence-corrected chi connectivity index (χ1v) is 11.6. The number of nitrogens with zero attached hydrogens (tertiary/aromatic N) is 3. The maximum absolute atomic E-state index is 12.6. The van der Waals surface area contributed by atoms with Crippen molar-refractivity contribution in [2.75, 3.05) is 13.1 Å². The van der Waals surface area contributed by atoms with Gasteiger partial charge in [0.25, 0.3) is 0 Å². The number of piperidine rings is 1. The fourth-order valence-electron chi connectivity index (χ4n) is 3.77. The first kappa shape index (κ1) is 21.5. The lowest BCUT2D eigenvalue weighted by Gasteiger charge is -2.30. The molecule has 0 spiro atoms. The monoisotopic (exact) mass is 436 g/mol. The third-order valence-corrected chi connectivity index (χ3v) is 6.33. The molecule has 31 heavy (non-hydrogen) atoms. The zero-order valence-corrected chi connectivity index (χ0v) is 18.6. The molecule has 0 aliphatic carbocycles. The molecule has 6 nitrogen and oxygen atoms in total. The van der Waals surface area contributed by atoms with E-state index in [9.17, 15) is 4.79 Å². The van der Waals surface area contributed by atoms with Crippen molar-refractivity contribution in [3.8, 4) is 5.88 Å². The van der Waals surface area contributed by atoms with Crippen molar-refractivity contribution >= 4 is 17.2 Å². The summed E-state index contributed by atoms with van der Waals surface area (Å²) in [6, 6.07) is 13.8. The number of carbonyl (C=O) groups is 1. The van der Waals surface area contributed by atoms with E-state index in [0.29, 0.717) is 19.0 Å². The summed E-state index contributed by atoms with van der Waals surface area (Å²) in [5, 5.41) is 6.32. The molecular formula is C24H28N4O2S. The molecule has 0 bridgehead atoms. The van der Waals surface area contributed by atoms with E-state index in [4.69, 9.17) is 4.74 Å². The van der Waals surface area contributed by atoms with E-state index in [2.05, 4.69) is 25.6 Å². The van der Waals surface area contributed by atoms with Gasteiger partial charge in [-0.05, 0) is 50.0 Å². The molecule has 0 atom stereocenters. The minimum atomic E-state index is 0.0732. The number of nitrogens with one attached hydrogen (secondary N) is 1. The third-order valence-electron chi connectivity index (χ3n) is 5.51. The van der Waals surface area contributed by atoms with Gasteiger partial charge in [0, 0.05) is 36.7 Å². The second-order valence-electron chi connectivity index (χ2n) is 7.90. The summed E-state index contributed by atoms with van der Waals surface area (Å²) in [6.45, 7) is 5.74. The van der Waals surface area contributed by atoms with Crippen LogP contribution in [-0.2, 0) is 24.5 Å². The number of pyridine rings is 1. The number of rotatable bonds is 8. The van der Waals surface area contributed by atoms with Crippen molar-refractivity contribution in [1.29, 1.82) is 0 Å². The number of hydrogen-bond donors (Lipinski definition) is 1. The van der Waals surface area contributed by atoms with E-state index in [1.54, 1.807) is 17.5 Å². The van der Waals surface area contributed by atoms with E-state index >= 15 is 0 Å². The molecule has 1 N–H and O–H groups in total. The molecule has 4 rings (SSSR count). The largest absolute Gasteiger partial charge is 0.473 e. The Morgan fingerprint density at radius 3 is 2.74 bits per heavy atom. The highest BCUT2D eigenvalue weighted by molar-refractivity contribution is 7.09. The Balaban J connectivity index is 1.21. The van der Waals surface area contributed by atoms with Crippen LogP contribution in [-0.4, -0.2) is 33.9 Å². The number of aryl methyl sites for hydroxylation is 1. The normalized spacial score (nSPS) is 15.0. The van der Waals surface area contributed by atoms with E-state index in [0.717, 1.165) is 54.3 Å². The summed E-state index contributed by atoms with van der Waals surface area (Å²) < 4.78 is 5.78. The molecule has 7 heteroatoms. The fraction of sp³-hybridized carbons (Fsp3) is 0.375. The van der Waals surface area contributed by atoms with Gasteiger partial charge < -0.3 is 10.1 Å². The van der Waals surface area contributed by atoms with Crippen LogP contribution < -0.4 is 10.1 Å². The Bertz CT molecular complexity index is 984. The first-order valence-electron chi connectivity index (χ1n) is 10.7. The number of benzene rings is 1. The molecule has 1 amide bonds. The summed E-state index contributed by atoms with van der Waals surface area (Å²) in [7, 11) is 0. The zero-order chi connectivity index (χ0) is 21.5. The smallest absolute Gasteiger partial charge is 0.223 e. The molecule has 3 heterocycles. The van der Waals surface area contributed by atoms with Gasteiger partial charge in [-0.1, -0.05) is 30.3 Å². The predicted molar refractivity (Wildman–Crippen MR) is 122 cm³/mol. The number of ether oxygens (including phenoxy) is 1. The summed E-state index contributed by atoms with van der Waals surface area (Å²) >= 11 is 1.69. The van der Waals surface area contributed by atoms with Crippen LogP contribution in [0.3, 0.4) is 0 Å². The lowest BCUT2D eigenvalue weighted by molar-refractivity contribution is -0.126. The Morgan fingerprint density at radius 2 is 2.00 bits per heavy atom. The van der Waals surface area contributed by atoms with Gasteiger partial charge >= 0.3 is 0 Å². The van der Waals surface area contributed by atoms with E-state index in [1.807, 2.05) is 49.4 Å². The third kappa shape index (κ3) is 6.35. The lowest BCUT2D eigenvalue weighted by Crippen LogP contribution is -2.40. The summed E-state index contributed by atoms with van der Waals surface area (Å²) in [6.07, 6.45) is 3.49. The molecule has 0 radical (unpaired) electrons. The van der Waals surface area contributed by atoms with Gasteiger partial charge in [-0.3, -0.25) is 9.69 Å². The summed E-state index contributed by atoms with van der Waals surface area (Å²) in [4.78, 5) is 23.8. The number of carbonyl (C=O) groups excluding carboxylic acids is 1. The highest BCUT2D eigenvalue weighted by atomic mass is 32.1. The second kappa shape index (κ2) is 10.5. The van der Waals surface area contributed by atoms with E-state index in [-0.39, 0.29) is 11.8 Å². The average molecular weight is 437 g/mol. The number of thiazole rings is 1. The van der Waals surface area contributed by atoms with Crippen LogP contribution >= 0.6 is 11.3 Å². The highest BCUT2D eigenvalue weighted by Gasteiger charge is 2.25. The van der Waals surface area contributed by atoms with Crippen molar-refractivity contribution in [3.63, 3.8) is 0 Å². The quantitative estimate of drug-likeness (QED) is 0.579. The molecule has 3 aromatic rings. The van der Waals surface area contributed by atoms with Crippen LogP contribution in [0.4, 0.5) is 0 Å². The minimum Gasteiger partial charge on any atom is -0.473 e. The molecular weight excluding hydrogens is 408 g/mol. The zero-order valence-electron chi connectivity index (χ0n) is 17.8. The first-order chi connectivity index (χ1) is 15.2. The molecule has 1 saturated heterocycles. The molecule has 1 aliphatic heterocycles. The van der Waals surface area contributed by atoms with Crippen LogP contribution in [0.1, 0.15) is 34.7 Å². The topological polar surface area (TPSA) is 67.4 Å². The maximum Gasteiger partial charge on any atom is 0.223 e. The molecule has 1 fully saturated rings. The Kier molecular flexibility index (Phi) is 7.27. The van der Waals surface area contributed by atoms with Crippen LogP contribution in [0.15, 0.2) is 54.0 Å². The van der Waals surface area contributed by atoms with Crippen LogP contribution in [0.2, 0.25) is 0 Å². The van der Waals surface area contributed by atoms with Gasteiger partial charge in [-0.25, -0.2) is 9.97 Å². The van der Waals surface area contributed by atoms with Gasteiger partial charge in [-0.2, -0.15) is 0 Å². The number of hydrogen-bond acceptors (Lipinski definition) is 6. The number of amides is 1. The van der Waals surface area contributed by atoms with Crippen LogP contribution in [0.5, 0.6) is 5.88 Å². The van der Waals surface area contributed by atoms with Crippen molar-refractivity contribution in [1.82, 2.24) is 20.2 Å². The number of aromatic nitrogens is 2. The second-order valence-corrected chi connectivity index (χ2v) is 8.96. The Morgan fingerprint density at radius 1 is 1.19 bits per heavy atom. The molecule has 1 aliphatic rings. The molecule has 0 saturated carbocycles. The molecule has 2 aromatic heterocycles. The lowest BCUT2D eigenvalue weighted by atomic mass is 9.95. The Hall–Kier alpha value is -2.77. The Labute approximate surface area is 187 Å². The van der Waals surface area contributed by atoms with Crippen LogP contribution in [0.25, 0.3) is 0 Å². The van der Waals surface area contributed by atoms with Crippen molar-refractivity contribution in [3.05, 3.63) is 75.9 Å². The highest BCUT2D eigenvalue weighted by Crippen LogP contribution is 2.20. The van der Waals surface area contributed by atoms with Gasteiger partial charge in [0.05, 0.1) is 10.7 Å². The van der Waals surface area contributed by atoms with Crippen molar-refractivity contribution in [2.24, 2.45) is 5.92 Å². The average Bonchev–Trinajstić information content (AvgIpc) is 3.22. The standard InChI is InChI=1S/C24H28N4O2S/c1-18-27-22(17-31-18)15-28-11-8-21(9-12-28)24(29)26-14-20-7-10-25-23(13-20)30-16-19-5-3-2-4-6-19/h2-7,10,13,17,21H,8-9,11-12,14-16H2,1H3,(H,26,29). The van der Waals surface area contributed by atoms with Gasteiger partial charge in [-0.15, -0.1) is 11.3 Å². The van der Waals surface area contributed by atoms with E-state index < -0.39 is 0 Å². The molecule has 162 valence electrons. The minimum absolute atomic E-state index is 0.0732. The van der Waals surface area contributed by atoms with Crippen LogP contribution in [0, 0.1) is 12.8 Å². The summed E-state index contributed by atoms with van der Waals surface area (Å²) in [5.74, 6) is 0.776.